The highest BCUT2D eigenvalue weighted by molar-refractivity contribution is 5.95. The zero-order valence-electron chi connectivity index (χ0n) is 5.88. The molecule has 0 spiro atoms. The largest absolute Gasteiger partial charge is 0.506 e. The van der Waals surface area contributed by atoms with Crippen molar-refractivity contribution in [3.8, 4) is 0 Å². The van der Waals surface area contributed by atoms with Crippen LogP contribution in [0.4, 0.5) is 0 Å². The Kier molecular flexibility index (Phi) is 1.80. The highest BCUT2D eigenvalue weighted by Crippen LogP contribution is 2.09. The topological polar surface area (TPSA) is 75.6 Å². The van der Waals surface area contributed by atoms with Crippen molar-refractivity contribution in [2.24, 2.45) is 0 Å². The number of nitrogens with one attached hydrogen (secondary N) is 1. The summed E-state index contributed by atoms with van der Waals surface area (Å²) in [7, 11) is 0. The summed E-state index contributed by atoms with van der Waals surface area (Å²) in [4.78, 5) is 21.1. The number of amides is 1. The van der Waals surface area contributed by atoms with Crippen LogP contribution < -0.4 is 5.32 Å². The highest BCUT2D eigenvalue weighted by Gasteiger charge is 2.25. The Morgan fingerprint density at radius 1 is 1.73 bits per heavy atom. The first-order valence-corrected chi connectivity index (χ1v) is 2.98. The number of hydrogen-bond donors (Lipinski definition) is 2. The van der Waals surface area contributed by atoms with Crippen molar-refractivity contribution in [3.63, 3.8) is 0 Å². The SMILES string of the molecule is CC(=O)NC1=C(O)COC1=O. The first-order chi connectivity index (χ1) is 5.11. The average Bonchev–Trinajstić information content (AvgIpc) is 2.18. The molecule has 5 nitrogen and oxygen atoms in total. The number of carbonyl (C=O) groups excluding carboxylic acids is 2. The molecule has 2 N–H and O–H groups in total. The predicted octanol–water partition coefficient (Wildman–Crippen LogP) is -0.551. The Morgan fingerprint density at radius 2 is 2.36 bits per heavy atom. The third kappa shape index (κ3) is 1.49. The van der Waals surface area contributed by atoms with E-state index in [-0.39, 0.29) is 18.1 Å². The molecule has 1 heterocycles. The molecule has 5 heteroatoms. The van der Waals surface area contributed by atoms with Gasteiger partial charge in [0.15, 0.2) is 18.1 Å². The number of aliphatic hydroxyl groups excluding tert-OH is 1. The molecule has 1 aliphatic rings. The average molecular weight is 157 g/mol. The standard InChI is InChI=1S/C6H7NO4/c1-3(8)7-5-4(9)2-11-6(5)10/h9H,2H2,1H3,(H,7,8). The van der Waals surface area contributed by atoms with Crippen LogP contribution in [-0.2, 0) is 14.3 Å². The van der Waals surface area contributed by atoms with Crippen molar-refractivity contribution < 1.29 is 19.4 Å². The van der Waals surface area contributed by atoms with Crippen LogP contribution in [0.3, 0.4) is 0 Å². The Balaban J connectivity index is 2.75. The predicted molar refractivity (Wildman–Crippen MR) is 34.4 cm³/mol. The zero-order chi connectivity index (χ0) is 8.43. The van der Waals surface area contributed by atoms with Gasteiger partial charge in [-0.3, -0.25) is 4.79 Å². The van der Waals surface area contributed by atoms with Crippen molar-refractivity contribution in [3.05, 3.63) is 11.5 Å². The molecule has 0 saturated heterocycles. The normalized spacial score (nSPS) is 16.6. The molecule has 0 aliphatic carbocycles. The van der Waals surface area contributed by atoms with Crippen molar-refractivity contribution in [1.82, 2.24) is 5.32 Å². The van der Waals surface area contributed by atoms with E-state index in [0.717, 1.165) is 0 Å². The minimum absolute atomic E-state index is 0.155. The van der Waals surface area contributed by atoms with E-state index >= 15 is 0 Å². The first-order valence-electron chi connectivity index (χ1n) is 2.98. The summed E-state index contributed by atoms with van der Waals surface area (Å²) in [5.41, 5.74) is -0.155. The van der Waals surface area contributed by atoms with Crippen LogP contribution in [0.2, 0.25) is 0 Å². The fraction of sp³-hybridized carbons (Fsp3) is 0.333. The molecule has 0 aromatic heterocycles. The van der Waals surface area contributed by atoms with Gasteiger partial charge in [-0.15, -0.1) is 0 Å². The summed E-state index contributed by atoms with van der Waals surface area (Å²) >= 11 is 0. The number of hydrogen-bond acceptors (Lipinski definition) is 4. The van der Waals surface area contributed by atoms with E-state index in [2.05, 4.69) is 10.1 Å². The van der Waals surface area contributed by atoms with Gasteiger partial charge in [-0.05, 0) is 0 Å². The lowest BCUT2D eigenvalue weighted by Gasteiger charge is -1.97. The second-order valence-electron chi connectivity index (χ2n) is 2.08. The van der Waals surface area contributed by atoms with Gasteiger partial charge in [-0.2, -0.15) is 0 Å². The van der Waals surface area contributed by atoms with Crippen molar-refractivity contribution in [2.75, 3.05) is 6.61 Å². The van der Waals surface area contributed by atoms with E-state index in [1.165, 1.54) is 6.92 Å². The van der Waals surface area contributed by atoms with E-state index in [0.29, 0.717) is 0 Å². The smallest absolute Gasteiger partial charge is 0.358 e. The molecule has 0 fully saturated rings. The van der Waals surface area contributed by atoms with Crippen LogP contribution >= 0.6 is 0 Å². The number of ether oxygens (including phenoxy) is 1. The molecule has 0 unspecified atom stereocenters. The highest BCUT2D eigenvalue weighted by atomic mass is 16.5. The van der Waals surface area contributed by atoms with Crippen molar-refractivity contribution in [1.29, 1.82) is 0 Å². The minimum Gasteiger partial charge on any atom is -0.506 e. The fourth-order valence-electron chi connectivity index (χ4n) is 0.695. The summed E-state index contributed by atoms with van der Waals surface area (Å²) < 4.78 is 4.40. The second-order valence-corrected chi connectivity index (χ2v) is 2.08. The number of cyclic esters (lactones) is 1. The van der Waals surface area contributed by atoms with E-state index in [1.807, 2.05) is 0 Å². The number of aliphatic hydroxyl groups is 1. The molecule has 11 heavy (non-hydrogen) atoms. The lowest BCUT2D eigenvalue weighted by atomic mass is 10.4. The van der Waals surface area contributed by atoms with Crippen molar-refractivity contribution >= 4 is 11.9 Å². The van der Waals surface area contributed by atoms with Crippen molar-refractivity contribution in [2.45, 2.75) is 6.92 Å². The van der Waals surface area contributed by atoms with Gasteiger partial charge in [0.05, 0.1) is 0 Å². The maximum absolute atomic E-state index is 10.7. The van der Waals surface area contributed by atoms with Gasteiger partial charge in [0.1, 0.15) is 0 Å². The third-order valence-electron chi connectivity index (χ3n) is 1.13. The Bertz CT molecular complexity index is 243. The van der Waals surface area contributed by atoms with E-state index in [1.54, 1.807) is 0 Å². The molecule has 0 aromatic carbocycles. The second kappa shape index (κ2) is 2.61. The van der Waals surface area contributed by atoms with Crippen LogP contribution in [0.1, 0.15) is 6.92 Å². The van der Waals surface area contributed by atoms with Gasteiger partial charge in [-0.1, -0.05) is 0 Å². The summed E-state index contributed by atoms with van der Waals surface area (Å²) in [5.74, 6) is -1.34. The molecule has 1 aliphatic heterocycles. The lowest BCUT2D eigenvalue weighted by Crippen LogP contribution is -2.23. The maximum atomic E-state index is 10.7. The molecular formula is C6H7NO4. The van der Waals surface area contributed by atoms with Gasteiger partial charge in [0.25, 0.3) is 0 Å². The quantitative estimate of drug-likeness (QED) is 0.501. The monoisotopic (exact) mass is 157 g/mol. The van der Waals surface area contributed by atoms with E-state index < -0.39 is 11.9 Å². The van der Waals surface area contributed by atoms with Crippen LogP contribution in [0.25, 0.3) is 0 Å². The lowest BCUT2D eigenvalue weighted by molar-refractivity contribution is -0.137. The molecule has 60 valence electrons. The Morgan fingerprint density at radius 3 is 2.73 bits per heavy atom. The van der Waals surface area contributed by atoms with E-state index in [4.69, 9.17) is 5.11 Å². The van der Waals surface area contributed by atoms with Crippen LogP contribution in [0, 0.1) is 0 Å². The molecular weight excluding hydrogens is 150 g/mol. The van der Waals surface area contributed by atoms with Gasteiger partial charge in [0, 0.05) is 6.92 Å². The summed E-state index contributed by atoms with van der Waals surface area (Å²) in [6.45, 7) is 1.08. The Labute approximate surface area is 62.6 Å². The van der Waals surface area contributed by atoms with E-state index in [9.17, 15) is 9.59 Å². The molecule has 0 saturated carbocycles. The zero-order valence-corrected chi connectivity index (χ0v) is 5.88. The van der Waals surface area contributed by atoms with Gasteiger partial charge in [0.2, 0.25) is 5.91 Å². The van der Waals surface area contributed by atoms with Gasteiger partial charge >= 0.3 is 5.97 Å². The first kappa shape index (κ1) is 7.59. The fourth-order valence-corrected chi connectivity index (χ4v) is 0.695. The maximum Gasteiger partial charge on any atom is 0.358 e. The van der Waals surface area contributed by atoms with Gasteiger partial charge < -0.3 is 15.2 Å². The molecule has 0 atom stereocenters. The number of esters is 1. The molecule has 1 amide bonds. The van der Waals surface area contributed by atoms with Crippen LogP contribution in [-0.4, -0.2) is 23.6 Å². The summed E-state index contributed by atoms with van der Waals surface area (Å²) in [5, 5.41) is 11.1. The Hall–Kier alpha value is -1.52. The minimum atomic E-state index is -0.697. The van der Waals surface area contributed by atoms with Crippen LogP contribution in [0.5, 0.6) is 0 Å². The molecule has 0 aromatic rings. The molecule has 0 radical (unpaired) electrons. The third-order valence-corrected chi connectivity index (χ3v) is 1.13. The molecule has 1 rings (SSSR count). The van der Waals surface area contributed by atoms with Gasteiger partial charge in [-0.25, -0.2) is 4.79 Å². The number of carbonyl (C=O) groups is 2. The molecule has 0 bridgehead atoms. The van der Waals surface area contributed by atoms with Crippen LogP contribution in [0.15, 0.2) is 11.5 Å². The summed E-state index contributed by atoms with van der Waals surface area (Å²) in [6.07, 6.45) is 0. The summed E-state index contributed by atoms with van der Waals surface area (Å²) in [6, 6.07) is 0. The number of rotatable bonds is 1.